The standard InChI is InChI=1S/C17H16F2N2O3S/c1-11-7-14(4-5-16(11)21-6-2-3-17(21)22)20-25(23,24)15-9-12(18)8-13(19)10-15/h4-5,7-10,20H,2-3,6H2,1H3. The second-order valence-electron chi connectivity index (χ2n) is 5.86. The summed E-state index contributed by atoms with van der Waals surface area (Å²) in [5.41, 5.74) is 1.70. The van der Waals surface area contributed by atoms with Crippen molar-refractivity contribution >= 4 is 27.3 Å². The molecule has 1 aliphatic heterocycles. The lowest BCUT2D eigenvalue weighted by Gasteiger charge is -2.19. The second kappa shape index (κ2) is 6.44. The first-order valence-corrected chi connectivity index (χ1v) is 9.14. The predicted octanol–water partition coefficient (Wildman–Crippen LogP) is 3.20. The van der Waals surface area contributed by atoms with Gasteiger partial charge in [-0.05, 0) is 49.2 Å². The fourth-order valence-corrected chi connectivity index (χ4v) is 3.91. The van der Waals surface area contributed by atoms with Crippen LogP contribution in [0.4, 0.5) is 20.2 Å². The van der Waals surface area contributed by atoms with Crippen LogP contribution < -0.4 is 9.62 Å². The Hall–Kier alpha value is -2.48. The molecule has 8 heteroatoms. The molecule has 132 valence electrons. The van der Waals surface area contributed by atoms with E-state index >= 15 is 0 Å². The normalized spacial score (nSPS) is 14.8. The number of hydrogen-bond acceptors (Lipinski definition) is 3. The Labute approximate surface area is 144 Å². The molecule has 2 aromatic carbocycles. The van der Waals surface area contributed by atoms with Gasteiger partial charge >= 0.3 is 0 Å². The molecule has 1 saturated heterocycles. The van der Waals surface area contributed by atoms with Crippen LogP contribution in [0, 0.1) is 18.6 Å². The van der Waals surface area contributed by atoms with E-state index in [-0.39, 0.29) is 11.6 Å². The largest absolute Gasteiger partial charge is 0.312 e. The Morgan fingerprint density at radius 3 is 2.32 bits per heavy atom. The molecular formula is C17H16F2N2O3S. The molecule has 25 heavy (non-hydrogen) atoms. The van der Waals surface area contributed by atoms with Crippen LogP contribution in [0.15, 0.2) is 41.3 Å². The Balaban J connectivity index is 1.87. The molecular weight excluding hydrogens is 350 g/mol. The molecule has 0 saturated carbocycles. The first-order valence-electron chi connectivity index (χ1n) is 7.66. The lowest BCUT2D eigenvalue weighted by atomic mass is 10.1. The first-order chi connectivity index (χ1) is 11.8. The molecule has 1 N–H and O–H groups in total. The summed E-state index contributed by atoms with van der Waals surface area (Å²) in [4.78, 5) is 13.0. The van der Waals surface area contributed by atoms with Crippen LogP contribution in [-0.4, -0.2) is 20.9 Å². The highest BCUT2D eigenvalue weighted by Gasteiger charge is 2.23. The van der Waals surface area contributed by atoms with Gasteiger partial charge in [0.2, 0.25) is 5.91 Å². The van der Waals surface area contributed by atoms with Crippen molar-refractivity contribution in [2.24, 2.45) is 0 Å². The number of hydrogen-bond donors (Lipinski definition) is 1. The Morgan fingerprint density at radius 2 is 1.76 bits per heavy atom. The van der Waals surface area contributed by atoms with Gasteiger partial charge in [-0.3, -0.25) is 9.52 Å². The Kier molecular flexibility index (Phi) is 4.47. The molecule has 0 atom stereocenters. The minimum Gasteiger partial charge on any atom is -0.312 e. The molecule has 3 rings (SSSR count). The number of carbonyl (C=O) groups excluding carboxylic acids is 1. The number of rotatable bonds is 4. The van der Waals surface area contributed by atoms with E-state index in [4.69, 9.17) is 0 Å². The zero-order chi connectivity index (χ0) is 18.2. The summed E-state index contributed by atoms with van der Waals surface area (Å²) in [6.45, 7) is 2.40. The van der Waals surface area contributed by atoms with E-state index in [1.165, 1.54) is 6.07 Å². The third-order valence-electron chi connectivity index (χ3n) is 3.96. The fourth-order valence-electron chi connectivity index (χ4n) is 2.82. The maximum Gasteiger partial charge on any atom is 0.262 e. The molecule has 1 fully saturated rings. The van der Waals surface area contributed by atoms with Crippen molar-refractivity contribution in [1.82, 2.24) is 0 Å². The highest BCUT2D eigenvalue weighted by molar-refractivity contribution is 7.92. The van der Waals surface area contributed by atoms with Crippen molar-refractivity contribution in [3.8, 4) is 0 Å². The minimum absolute atomic E-state index is 0.0340. The maximum absolute atomic E-state index is 13.3. The maximum atomic E-state index is 13.3. The number of nitrogens with one attached hydrogen (secondary N) is 1. The van der Waals surface area contributed by atoms with Gasteiger partial charge < -0.3 is 4.90 Å². The number of amides is 1. The average molecular weight is 366 g/mol. The number of benzene rings is 2. The highest BCUT2D eigenvalue weighted by atomic mass is 32.2. The number of halogens is 2. The topological polar surface area (TPSA) is 66.5 Å². The number of carbonyl (C=O) groups is 1. The Bertz CT molecular complexity index is 925. The molecule has 0 unspecified atom stereocenters. The van der Waals surface area contributed by atoms with E-state index in [1.807, 2.05) is 0 Å². The summed E-state index contributed by atoms with van der Waals surface area (Å²) in [5, 5.41) is 0. The molecule has 0 aromatic heterocycles. The lowest BCUT2D eigenvalue weighted by molar-refractivity contribution is -0.117. The van der Waals surface area contributed by atoms with Crippen molar-refractivity contribution < 1.29 is 22.0 Å². The van der Waals surface area contributed by atoms with Crippen molar-refractivity contribution in [2.45, 2.75) is 24.7 Å². The summed E-state index contributed by atoms with van der Waals surface area (Å²) in [5.74, 6) is -1.91. The van der Waals surface area contributed by atoms with E-state index in [1.54, 1.807) is 24.0 Å². The van der Waals surface area contributed by atoms with Crippen LogP contribution >= 0.6 is 0 Å². The van der Waals surface area contributed by atoms with Gasteiger partial charge in [-0.1, -0.05) is 0 Å². The van der Waals surface area contributed by atoms with Crippen molar-refractivity contribution in [2.75, 3.05) is 16.2 Å². The zero-order valence-corrected chi connectivity index (χ0v) is 14.2. The number of aryl methyl sites for hydroxylation is 1. The van der Waals surface area contributed by atoms with Gasteiger partial charge in [-0.25, -0.2) is 17.2 Å². The lowest BCUT2D eigenvalue weighted by Crippen LogP contribution is -2.24. The van der Waals surface area contributed by atoms with Gasteiger partial charge in [0, 0.05) is 30.4 Å². The zero-order valence-electron chi connectivity index (χ0n) is 13.4. The molecule has 5 nitrogen and oxygen atoms in total. The van der Waals surface area contributed by atoms with Crippen molar-refractivity contribution in [3.05, 3.63) is 53.6 Å². The van der Waals surface area contributed by atoms with E-state index in [9.17, 15) is 22.0 Å². The van der Waals surface area contributed by atoms with Crippen LogP contribution in [0.25, 0.3) is 0 Å². The quantitative estimate of drug-likeness (QED) is 0.904. The van der Waals surface area contributed by atoms with Gasteiger partial charge in [0.25, 0.3) is 10.0 Å². The molecule has 0 spiro atoms. The number of nitrogens with zero attached hydrogens (tertiary/aromatic N) is 1. The van der Waals surface area contributed by atoms with Gasteiger partial charge in [0.15, 0.2) is 0 Å². The van der Waals surface area contributed by atoms with Crippen LogP contribution in [0.1, 0.15) is 18.4 Å². The van der Waals surface area contributed by atoms with Crippen LogP contribution in [0.5, 0.6) is 0 Å². The van der Waals surface area contributed by atoms with E-state index < -0.39 is 26.6 Å². The van der Waals surface area contributed by atoms with Gasteiger partial charge in [-0.15, -0.1) is 0 Å². The average Bonchev–Trinajstić information content (AvgIpc) is 2.92. The number of sulfonamides is 1. The molecule has 2 aromatic rings. The summed E-state index contributed by atoms with van der Waals surface area (Å²) >= 11 is 0. The highest BCUT2D eigenvalue weighted by Crippen LogP contribution is 2.28. The summed E-state index contributed by atoms with van der Waals surface area (Å²) in [6.07, 6.45) is 1.29. The van der Waals surface area contributed by atoms with Crippen LogP contribution in [0.3, 0.4) is 0 Å². The molecule has 0 bridgehead atoms. The van der Waals surface area contributed by atoms with Crippen molar-refractivity contribution in [1.29, 1.82) is 0 Å². The molecule has 1 aliphatic rings. The van der Waals surface area contributed by atoms with Crippen LogP contribution in [-0.2, 0) is 14.8 Å². The third-order valence-corrected chi connectivity index (χ3v) is 5.32. The monoisotopic (exact) mass is 366 g/mol. The predicted molar refractivity (Wildman–Crippen MR) is 89.9 cm³/mol. The number of anilines is 2. The van der Waals surface area contributed by atoms with E-state index in [2.05, 4.69) is 4.72 Å². The smallest absolute Gasteiger partial charge is 0.262 e. The van der Waals surface area contributed by atoms with Crippen molar-refractivity contribution in [3.63, 3.8) is 0 Å². The molecule has 1 amide bonds. The summed E-state index contributed by atoms with van der Waals surface area (Å²) in [7, 11) is -4.13. The van der Waals surface area contributed by atoms with Gasteiger partial charge in [0.05, 0.1) is 4.90 Å². The summed E-state index contributed by atoms with van der Waals surface area (Å²) in [6, 6.07) is 6.84. The summed E-state index contributed by atoms with van der Waals surface area (Å²) < 4.78 is 53.4. The fraction of sp³-hybridized carbons (Fsp3) is 0.235. The minimum atomic E-state index is -4.13. The second-order valence-corrected chi connectivity index (χ2v) is 7.54. The third kappa shape index (κ3) is 3.63. The molecule has 0 radical (unpaired) electrons. The SMILES string of the molecule is Cc1cc(NS(=O)(=O)c2cc(F)cc(F)c2)ccc1N1CCCC1=O. The molecule has 0 aliphatic carbocycles. The van der Waals surface area contributed by atoms with Gasteiger partial charge in [0.1, 0.15) is 11.6 Å². The van der Waals surface area contributed by atoms with Gasteiger partial charge in [-0.2, -0.15) is 0 Å². The Morgan fingerprint density at radius 1 is 1.08 bits per heavy atom. The first kappa shape index (κ1) is 17.3. The van der Waals surface area contributed by atoms with Crippen LogP contribution in [0.2, 0.25) is 0 Å². The van der Waals surface area contributed by atoms with E-state index in [0.29, 0.717) is 19.0 Å². The molecule has 1 heterocycles. The van der Waals surface area contributed by atoms with E-state index in [0.717, 1.165) is 29.8 Å².